The van der Waals surface area contributed by atoms with Gasteiger partial charge < -0.3 is 9.84 Å². The average molecular weight is 270 g/mol. The van der Waals surface area contributed by atoms with E-state index in [1.54, 1.807) is 6.07 Å². The summed E-state index contributed by atoms with van der Waals surface area (Å²) < 4.78 is 5.74. The number of halogens is 1. The lowest BCUT2D eigenvalue weighted by atomic mass is 9.89. The van der Waals surface area contributed by atoms with Gasteiger partial charge in [0, 0.05) is 6.07 Å². The monoisotopic (exact) mass is 269 g/mol. The summed E-state index contributed by atoms with van der Waals surface area (Å²) in [6, 6.07) is 3.13. The van der Waals surface area contributed by atoms with Gasteiger partial charge in [-0.05, 0) is 31.2 Å². The molecule has 5 heteroatoms. The van der Waals surface area contributed by atoms with Gasteiger partial charge in [-0.3, -0.25) is 0 Å². The highest BCUT2D eigenvalue weighted by Gasteiger charge is 2.21. The standard InChI is InChI=1S/C13H16ClNO3/c1-8-3-2-4-9(7-8)18-11-6-5-10(14)12(15-11)13(16)17/h5-6,8-9H,2-4,7H2,1H3,(H,16,17). The average Bonchev–Trinajstić information content (AvgIpc) is 2.31. The van der Waals surface area contributed by atoms with Crippen molar-refractivity contribution in [3.05, 3.63) is 22.8 Å². The van der Waals surface area contributed by atoms with Crippen LogP contribution < -0.4 is 4.74 Å². The molecule has 0 bridgehead atoms. The van der Waals surface area contributed by atoms with Crippen LogP contribution in [0.2, 0.25) is 5.02 Å². The zero-order valence-electron chi connectivity index (χ0n) is 10.2. The molecule has 0 radical (unpaired) electrons. The molecule has 2 atom stereocenters. The number of aromatic nitrogens is 1. The quantitative estimate of drug-likeness (QED) is 0.914. The van der Waals surface area contributed by atoms with Gasteiger partial charge in [0.1, 0.15) is 6.10 Å². The van der Waals surface area contributed by atoms with Crippen LogP contribution in [0.1, 0.15) is 43.1 Å². The van der Waals surface area contributed by atoms with Crippen LogP contribution in [0.4, 0.5) is 0 Å². The second-order valence-corrected chi connectivity index (χ2v) is 5.20. The molecule has 18 heavy (non-hydrogen) atoms. The zero-order chi connectivity index (χ0) is 13.1. The molecule has 1 heterocycles. The van der Waals surface area contributed by atoms with Crippen molar-refractivity contribution in [2.45, 2.75) is 38.7 Å². The van der Waals surface area contributed by atoms with Gasteiger partial charge in [-0.25, -0.2) is 9.78 Å². The number of carboxylic acids is 1. The van der Waals surface area contributed by atoms with Crippen LogP contribution in [-0.4, -0.2) is 22.2 Å². The van der Waals surface area contributed by atoms with Crippen molar-refractivity contribution in [2.24, 2.45) is 5.92 Å². The van der Waals surface area contributed by atoms with E-state index in [1.807, 2.05) is 0 Å². The van der Waals surface area contributed by atoms with Gasteiger partial charge in [0.05, 0.1) is 5.02 Å². The second-order valence-electron chi connectivity index (χ2n) is 4.80. The molecule has 1 aromatic rings. The number of hydrogen-bond acceptors (Lipinski definition) is 3. The van der Waals surface area contributed by atoms with Crippen LogP contribution >= 0.6 is 11.6 Å². The van der Waals surface area contributed by atoms with Crippen LogP contribution in [0.5, 0.6) is 5.88 Å². The van der Waals surface area contributed by atoms with Gasteiger partial charge in [0.2, 0.25) is 5.88 Å². The SMILES string of the molecule is CC1CCCC(Oc2ccc(Cl)c(C(=O)O)n2)C1. The normalized spacial score (nSPS) is 23.7. The van der Waals surface area contributed by atoms with E-state index in [1.165, 1.54) is 12.5 Å². The Balaban J connectivity index is 2.09. The number of hydrogen-bond donors (Lipinski definition) is 1. The Hall–Kier alpha value is -1.29. The molecule has 0 aromatic carbocycles. The fourth-order valence-corrected chi connectivity index (χ4v) is 2.48. The molecular formula is C13H16ClNO3. The molecule has 4 nitrogen and oxygen atoms in total. The topological polar surface area (TPSA) is 59.4 Å². The van der Waals surface area contributed by atoms with E-state index in [4.69, 9.17) is 21.4 Å². The van der Waals surface area contributed by atoms with Gasteiger partial charge in [-0.2, -0.15) is 0 Å². The summed E-state index contributed by atoms with van der Waals surface area (Å²) in [6.45, 7) is 2.20. The Morgan fingerprint density at radius 2 is 2.28 bits per heavy atom. The van der Waals surface area contributed by atoms with Gasteiger partial charge >= 0.3 is 5.97 Å². The van der Waals surface area contributed by atoms with Crippen LogP contribution in [0.25, 0.3) is 0 Å². The summed E-state index contributed by atoms with van der Waals surface area (Å²) in [5.41, 5.74) is -0.155. The number of rotatable bonds is 3. The molecule has 2 unspecified atom stereocenters. The lowest BCUT2D eigenvalue weighted by Gasteiger charge is -2.26. The maximum absolute atomic E-state index is 10.9. The fraction of sp³-hybridized carbons (Fsp3) is 0.538. The molecule has 0 amide bonds. The Bertz CT molecular complexity index is 450. The Kier molecular flexibility index (Phi) is 4.07. The molecule has 98 valence electrons. The predicted molar refractivity (Wildman–Crippen MR) is 68.3 cm³/mol. The summed E-state index contributed by atoms with van der Waals surface area (Å²) in [4.78, 5) is 14.9. The van der Waals surface area contributed by atoms with Gasteiger partial charge in [-0.15, -0.1) is 0 Å². The Morgan fingerprint density at radius 1 is 1.50 bits per heavy atom. The lowest BCUT2D eigenvalue weighted by Crippen LogP contribution is -2.24. The smallest absolute Gasteiger partial charge is 0.356 e. The summed E-state index contributed by atoms with van der Waals surface area (Å²) in [6.07, 6.45) is 4.49. The van der Waals surface area contributed by atoms with E-state index in [-0.39, 0.29) is 16.8 Å². The van der Waals surface area contributed by atoms with Crippen molar-refractivity contribution < 1.29 is 14.6 Å². The molecule has 1 N–H and O–H groups in total. The highest BCUT2D eigenvalue weighted by molar-refractivity contribution is 6.33. The minimum Gasteiger partial charge on any atom is -0.476 e. The predicted octanol–water partition coefficient (Wildman–Crippen LogP) is 3.39. The van der Waals surface area contributed by atoms with Crippen molar-refractivity contribution in [3.8, 4) is 5.88 Å². The van der Waals surface area contributed by atoms with Crippen LogP contribution in [0.15, 0.2) is 12.1 Å². The van der Waals surface area contributed by atoms with Crippen LogP contribution in [-0.2, 0) is 0 Å². The van der Waals surface area contributed by atoms with Crippen molar-refractivity contribution in [2.75, 3.05) is 0 Å². The summed E-state index contributed by atoms with van der Waals surface area (Å²) in [5, 5.41) is 9.07. The molecule has 1 fully saturated rings. The van der Waals surface area contributed by atoms with E-state index in [0.717, 1.165) is 19.3 Å². The van der Waals surface area contributed by atoms with Crippen LogP contribution in [0.3, 0.4) is 0 Å². The lowest BCUT2D eigenvalue weighted by molar-refractivity contribution is 0.0686. The number of ether oxygens (including phenoxy) is 1. The first-order valence-corrected chi connectivity index (χ1v) is 6.50. The maximum atomic E-state index is 10.9. The number of aromatic carboxylic acids is 1. The van der Waals surface area contributed by atoms with E-state index >= 15 is 0 Å². The van der Waals surface area contributed by atoms with Crippen molar-refractivity contribution >= 4 is 17.6 Å². The largest absolute Gasteiger partial charge is 0.476 e. The molecule has 0 spiro atoms. The second kappa shape index (κ2) is 5.57. The number of nitrogens with zero attached hydrogens (tertiary/aromatic N) is 1. The summed E-state index contributed by atoms with van der Waals surface area (Å²) >= 11 is 5.76. The van der Waals surface area contributed by atoms with Crippen molar-refractivity contribution in [1.82, 2.24) is 4.98 Å². The molecule has 2 rings (SSSR count). The van der Waals surface area contributed by atoms with E-state index in [0.29, 0.717) is 11.8 Å². The van der Waals surface area contributed by atoms with E-state index < -0.39 is 5.97 Å². The Labute approximate surface area is 111 Å². The van der Waals surface area contributed by atoms with Gasteiger partial charge in [-0.1, -0.05) is 24.9 Å². The number of carbonyl (C=O) groups is 1. The van der Waals surface area contributed by atoms with Crippen LogP contribution in [0, 0.1) is 5.92 Å². The molecular weight excluding hydrogens is 254 g/mol. The molecule has 0 saturated heterocycles. The number of carboxylic acid groups (broad SMARTS) is 1. The third kappa shape index (κ3) is 3.13. The number of pyridine rings is 1. The third-order valence-electron chi connectivity index (χ3n) is 3.20. The molecule has 1 aliphatic rings. The molecule has 1 saturated carbocycles. The first-order chi connectivity index (χ1) is 8.56. The van der Waals surface area contributed by atoms with Gasteiger partial charge in [0.15, 0.2) is 5.69 Å². The highest BCUT2D eigenvalue weighted by Crippen LogP contribution is 2.27. The first kappa shape index (κ1) is 13.1. The molecule has 1 aromatic heterocycles. The summed E-state index contributed by atoms with van der Waals surface area (Å²) in [5.74, 6) is -0.145. The highest BCUT2D eigenvalue weighted by atomic mass is 35.5. The maximum Gasteiger partial charge on any atom is 0.356 e. The van der Waals surface area contributed by atoms with Crippen molar-refractivity contribution in [1.29, 1.82) is 0 Å². The zero-order valence-corrected chi connectivity index (χ0v) is 11.0. The fourth-order valence-electron chi connectivity index (χ4n) is 2.30. The minimum atomic E-state index is -1.14. The molecule has 1 aliphatic carbocycles. The summed E-state index contributed by atoms with van der Waals surface area (Å²) in [7, 11) is 0. The first-order valence-electron chi connectivity index (χ1n) is 6.12. The third-order valence-corrected chi connectivity index (χ3v) is 3.50. The molecule has 0 aliphatic heterocycles. The van der Waals surface area contributed by atoms with E-state index in [2.05, 4.69) is 11.9 Å². The van der Waals surface area contributed by atoms with E-state index in [9.17, 15) is 4.79 Å². The Morgan fingerprint density at radius 3 is 2.94 bits per heavy atom. The van der Waals surface area contributed by atoms with Crippen molar-refractivity contribution in [3.63, 3.8) is 0 Å². The van der Waals surface area contributed by atoms with Gasteiger partial charge in [0.25, 0.3) is 0 Å². The minimum absolute atomic E-state index is 0.129.